The minimum absolute atomic E-state index is 0.202. The predicted molar refractivity (Wildman–Crippen MR) is 72.7 cm³/mol. The van der Waals surface area contributed by atoms with Crippen LogP contribution >= 0.6 is 0 Å². The summed E-state index contributed by atoms with van der Waals surface area (Å²) in [4.78, 5) is 12.4. The summed E-state index contributed by atoms with van der Waals surface area (Å²) in [5.74, 6) is 0. The Labute approximate surface area is 111 Å². The highest BCUT2D eigenvalue weighted by atomic mass is 16.5. The van der Waals surface area contributed by atoms with Crippen molar-refractivity contribution in [1.82, 2.24) is 4.90 Å². The molecule has 0 aromatic carbocycles. The lowest BCUT2D eigenvalue weighted by Crippen LogP contribution is -2.32. The molecule has 5 nitrogen and oxygen atoms in total. The van der Waals surface area contributed by atoms with Crippen LogP contribution in [0.5, 0.6) is 0 Å². The number of hydrogen-bond donors (Lipinski definition) is 1. The fourth-order valence-corrected chi connectivity index (χ4v) is 1.87. The van der Waals surface area contributed by atoms with Crippen molar-refractivity contribution in [1.29, 1.82) is 0 Å². The van der Waals surface area contributed by atoms with Gasteiger partial charge in [-0.2, -0.15) is 0 Å². The Balaban J connectivity index is 0.00000137. The van der Waals surface area contributed by atoms with Crippen LogP contribution in [0, 0.1) is 0 Å². The first kappa shape index (κ1) is 17.5. The molecule has 0 spiro atoms. The lowest BCUT2D eigenvalue weighted by Gasteiger charge is -2.26. The predicted octanol–water partition coefficient (Wildman–Crippen LogP) is 0.669. The standard InChI is InChI=1S/C12H23NO3.CH5N/c14-8-12-16-10-4-9-15-11-7-13-5-2-1-3-6-13;1-2/h8H,1-7,9-12H2;2H2,1H3. The fraction of sp³-hybridized carbons (Fsp3) is 0.923. The van der Waals surface area contributed by atoms with Gasteiger partial charge in [0.2, 0.25) is 0 Å². The van der Waals surface area contributed by atoms with Crippen molar-refractivity contribution in [2.75, 3.05) is 53.1 Å². The zero-order valence-electron chi connectivity index (χ0n) is 11.6. The third kappa shape index (κ3) is 10.7. The molecule has 1 heterocycles. The highest BCUT2D eigenvalue weighted by molar-refractivity contribution is 5.50. The Kier molecular flexibility index (Phi) is 14.2. The zero-order valence-corrected chi connectivity index (χ0v) is 11.6. The number of likely N-dealkylation sites (tertiary alicyclic amines) is 1. The van der Waals surface area contributed by atoms with E-state index in [1.54, 1.807) is 0 Å². The maximum absolute atomic E-state index is 9.95. The number of nitrogens with zero attached hydrogens (tertiary/aromatic N) is 1. The molecule has 1 rings (SSSR count). The van der Waals surface area contributed by atoms with Gasteiger partial charge in [-0.3, -0.25) is 0 Å². The van der Waals surface area contributed by atoms with Crippen molar-refractivity contribution < 1.29 is 14.3 Å². The molecule has 5 heteroatoms. The van der Waals surface area contributed by atoms with Crippen LogP contribution in [0.3, 0.4) is 0 Å². The largest absolute Gasteiger partial charge is 0.380 e. The van der Waals surface area contributed by atoms with Gasteiger partial charge in [-0.25, -0.2) is 0 Å². The molecule has 0 amide bonds. The SMILES string of the molecule is CN.O=CCOCCCOCCN1CCCCC1. The molecule has 0 unspecified atom stereocenters. The van der Waals surface area contributed by atoms with Gasteiger partial charge in [-0.15, -0.1) is 0 Å². The molecule has 108 valence electrons. The van der Waals surface area contributed by atoms with Crippen molar-refractivity contribution in [2.24, 2.45) is 5.73 Å². The summed E-state index contributed by atoms with van der Waals surface area (Å²) < 4.78 is 10.5. The lowest BCUT2D eigenvalue weighted by atomic mass is 10.1. The maximum atomic E-state index is 9.95. The first-order valence-electron chi connectivity index (χ1n) is 6.82. The van der Waals surface area contributed by atoms with Gasteiger partial charge >= 0.3 is 0 Å². The second-order valence-corrected chi connectivity index (χ2v) is 4.11. The van der Waals surface area contributed by atoms with Crippen LogP contribution in [-0.4, -0.2) is 64.3 Å². The number of carbonyl (C=O) groups is 1. The zero-order chi connectivity index (χ0) is 13.5. The minimum Gasteiger partial charge on any atom is -0.380 e. The third-order valence-corrected chi connectivity index (χ3v) is 2.76. The van der Waals surface area contributed by atoms with Crippen LogP contribution in [0.1, 0.15) is 25.7 Å². The number of rotatable bonds is 9. The normalized spacial score (nSPS) is 15.9. The first-order chi connectivity index (χ1) is 8.93. The second kappa shape index (κ2) is 14.6. The van der Waals surface area contributed by atoms with Gasteiger partial charge in [-0.1, -0.05) is 6.42 Å². The van der Waals surface area contributed by atoms with Crippen molar-refractivity contribution in [3.8, 4) is 0 Å². The highest BCUT2D eigenvalue weighted by Crippen LogP contribution is 2.07. The summed E-state index contributed by atoms with van der Waals surface area (Å²) in [5, 5.41) is 0. The summed E-state index contributed by atoms with van der Waals surface area (Å²) in [7, 11) is 1.50. The number of piperidine rings is 1. The molecule has 0 radical (unpaired) electrons. The van der Waals surface area contributed by atoms with Crippen LogP contribution < -0.4 is 5.73 Å². The van der Waals surface area contributed by atoms with E-state index < -0.39 is 0 Å². The topological polar surface area (TPSA) is 64.8 Å². The lowest BCUT2D eigenvalue weighted by molar-refractivity contribution is -0.112. The molecule has 0 aliphatic carbocycles. The quantitative estimate of drug-likeness (QED) is 0.487. The summed E-state index contributed by atoms with van der Waals surface area (Å²) in [6, 6.07) is 0. The minimum atomic E-state index is 0.202. The van der Waals surface area contributed by atoms with Gasteiger partial charge in [0, 0.05) is 19.8 Å². The molecule has 0 aromatic heterocycles. The molecule has 1 fully saturated rings. The van der Waals surface area contributed by atoms with Crippen molar-refractivity contribution in [3.63, 3.8) is 0 Å². The smallest absolute Gasteiger partial charge is 0.145 e. The number of carbonyl (C=O) groups excluding carboxylic acids is 1. The van der Waals surface area contributed by atoms with Gasteiger partial charge in [0.1, 0.15) is 12.9 Å². The van der Waals surface area contributed by atoms with Gasteiger partial charge < -0.3 is 24.9 Å². The fourth-order valence-electron chi connectivity index (χ4n) is 1.87. The Bertz CT molecular complexity index is 174. The third-order valence-electron chi connectivity index (χ3n) is 2.76. The molecule has 0 aromatic rings. The highest BCUT2D eigenvalue weighted by Gasteiger charge is 2.08. The number of hydrogen-bond acceptors (Lipinski definition) is 5. The van der Waals surface area contributed by atoms with Crippen LogP contribution in [0.2, 0.25) is 0 Å². The molecule has 1 aliphatic rings. The van der Waals surface area contributed by atoms with E-state index in [4.69, 9.17) is 9.47 Å². The first-order valence-corrected chi connectivity index (χ1v) is 6.82. The number of ether oxygens (including phenoxy) is 2. The van der Waals surface area contributed by atoms with Crippen LogP contribution in [-0.2, 0) is 14.3 Å². The van der Waals surface area contributed by atoms with E-state index in [2.05, 4.69) is 10.6 Å². The van der Waals surface area contributed by atoms with Gasteiger partial charge in [0.25, 0.3) is 0 Å². The van der Waals surface area contributed by atoms with E-state index in [1.807, 2.05) is 0 Å². The molecular formula is C13H28N2O3. The molecule has 18 heavy (non-hydrogen) atoms. The van der Waals surface area contributed by atoms with E-state index in [9.17, 15) is 4.79 Å². The molecule has 1 aliphatic heterocycles. The van der Waals surface area contributed by atoms with E-state index in [0.717, 1.165) is 32.5 Å². The molecule has 1 saturated heterocycles. The van der Waals surface area contributed by atoms with Gasteiger partial charge in [-0.05, 0) is 39.4 Å². The average Bonchev–Trinajstić information content (AvgIpc) is 2.45. The van der Waals surface area contributed by atoms with E-state index in [1.165, 1.54) is 39.4 Å². The van der Waals surface area contributed by atoms with Gasteiger partial charge in [0.05, 0.1) is 6.61 Å². The number of aldehydes is 1. The molecule has 0 saturated carbocycles. The van der Waals surface area contributed by atoms with Gasteiger partial charge in [0.15, 0.2) is 0 Å². The van der Waals surface area contributed by atoms with Crippen molar-refractivity contribution in [3.05, 3.63) is 0 Å². The summed E-state index contributed by atoms with van der Waals surface area (Å²) in [6.07, 6.45) is 5.69. The maximum Gasteiger partial charge on any atom is 0.145 e. The Morgan fingerprint density at radius 3 is 2.39 bits per heavy atom. The average molecular weight is 260 g/mol. The summed E-state index contributed by atoms with van der Waals surface area (Å²) in [5.41, 5.74) is 4.50. The van der Waals surface area contributed by atoms with E-state index >= 15 is 0 Å². The van der Waals surface area contributed by atoms with E-state index in [-0.39, 0.29) is 6.61 Å². The van der Waals surface area contributed by atoms with Crippen LogP contribution in [0.15, 0.2) is 0 Å². The number of nitrogens with two attached hydrogens (primary N) is 1. The molecular weight excluding hydrogens is 232 g/mol. The van der Waals surface area contributed by atoms with Crippen molar-refractivity contribution >= 4 is 6.29 Å². The van der Waals surface area contributed by atoms with E-state index in [0.29, 0.717) is 6.61 Å². The molecule has 2 N–H and O–H groups in total. The Morgan fingerprint density at radius 2 is 1.72 bits per heavy atom. The van der Waals surface area contributed by atoms with Crippen LogP contribution in [0.4, 0.5) is 0 Å². The van der Waals surface area contributed by atoms with Crippen LogP contribution in [0.25, 0.3) is 0 Å². The summed E-state index contributed by atoms with van der Waals surface area (Å²) in [6.45, 7) is 5.86. The monoisotopic (exact) mass is 260 g/mol. The summed E-state index contributed by atoms with van der Waals surface area (Å²) >= 11 is 0. The van der Waals surface area contributed by atoms with Crippen molar-refractivity contribution in [2.45, 2.75) is 25.7 Å². The second-order valence-electron chi connectivity index (χ2n) is 4.11. The molecule has 0 bridgehead atoms. The molecule has 0 atom stereocenters. The Hall–Kier alpha value is -0.490. The Morgan fingerprint density at radius 1 is 1.06 bits per heavy atom.